The summed E-state index contributed by atoms with van der Waals surface area (Å²) < 4.78 is 1.95. The zero-order chi connectivity index (χ0) is 16.0. The Morgan fingerprint density at radius 2 is 1.92 bits per heavy atom. The SMILES string of the molecule is Cn1c(C#N)ccc1-c1ccc2c(c1)C1(CCCCC1)C(=S)N2.[K]. The number of fused-ring (bicyclic) bond motifs is 2. The molecular formula is C19H19KN3S. The fourth-order valence-electron chi connectivity index (χ4n) is 4.14. The van der Waals surface area contributed by atoms with Crippen molar-refractivity contribution in [3.8, 4) is 17.3 Å². The first-order valence-corrected chi connectivity index (χ1v) is 8.59. The van der Waals surface area contributed by atoms with Gasteiger partial charge in [-0.25, -0.2) is 0 Å². The summed E-state index contributed by atoms with van der Waals surface area (Å²) in [7, 11) is 1.94. The van der Waals surface area contributed by atoms with Gasteiger partial charge in [-0.15, -0.1) is 0 Å². The second-order valence-electron chi connectivity index (χ2n) is 6.63. The van der Waals surface area contributed by atoms with Crippen LogP contribution in [0.15, 0.2) is 30.3 Å². The van der Waals surface area contributed by atoms with E-state index in [1.165, 1.54) is 24.8 Å². The maximum absolute atomic E-state index is 9.17. The molecule has 0 amide bonds. The molecule has 117 valence electrons. The fourth-order valence-corrected chi connectivity index (χ4v) is 4.56. The molecule has 5 heteroatoms. The van der Waals surface area contributed by atoms with E-state index in [9.17, 15) is 0 Å². The van der Waals surface area contributed by atoms with Crippen molar-refractivity contribution in [2.24, 2.45) is 7.05 Å². The van der Waals surface area contributed by atoms with Gasteiger partial charge in [0.25, 0.3) is 0 Å². The number of anilines is 1. The van der Waals surface area contributed by atoms with Crippen LogP contribution in [0.25, 0.3) is 11.3 Å². The van der Waals surface area contributed by atoms with Crippen LogP contribution in [0.1, 0.15) is 43.4 Å². The van der Waals surface area contributed by atoms with Gasteiger partial charge in [0, 0.05) is 75.2 Å². The van der Waals surface area contributed by atoms with Crippen molar-refractivity contribution in [3.05, 3.63) is 41.6 Å². The third kappa shape index (κ3) is 2.74. The summed E-state index contributed by atoms with van der Waals surface area (Å²) in [6, 6.07) is 12.7. The average Bonchev–Trinajstić information content (AvgIpc) is 3.07. The summed E-state index contributed by atoms with van der Waals surface area (Å²) in [5, 5.41) is 12.6. The van der Waals surface area contributed by atoms with Gasteiger partial charge in [-0.3, -0.25) is 0 Å². The topological polar surface area (TPSA) is 40.8 Å². The van der Waals surface area contributed by atoms with E-state index < -0.39 is 0 Å². The third-order valence-electron chi connectivity index (χ3n) is 5.46. The molecule has 1 aromatic heterocycles. The summed E-state index contributed by atoms with van der Waals surface area (Å²) in [5.74, 6) is 0. The second kappa shape index (κ2) is 7.03. The minimum atomic E-state index is 0. The van der Waals surface area contributed by atoms with Crippen molar-refractivity contribution in [1.29, 1.82) is 5.26 Å². The van der Waals surface area contributed by atoms with Gasteiger partial charge in [0.15, 0.2) is 0 Å². The van der Waals surface area contributed by atoms with Crippen molar-refractivity contribution in [2.45, 2.75) is 37.5 Å². The van der Waals surface area contributed by atoms with E-state index >= 15 is 0 Å². The van der Waals surface area contributed by atoms with Crippen LogP contribution in [0.2, 0.25) is 0 Å². The maximum atomic E-state index is 9.17. The minimum absolute atomic E-state index is 0. The number of nitriles is 1. The molecule has 0 saturated heterocycles. The minimum Gasteiger partial charge on any atom is -0.349 e. The van der Waals surface area contributed by atoms with Crippen molar-refractivity contribution < 1.29 is 0 Å². The van der Waals surface area contributed by atoms with Crippen LogP contribution in [0.4, 0.5) is 5.69 Å². The normalized spacial score (nSPS) is 17.8. The van der Waals surface area contributed by atoms with Gasteiger partial charge in [0.05, 0.1) is 4.99 Å². The molecule has 1 radical (unpaired) electrons. The van der Waals surface area contributed by atoms with E-state index in [-0.39, 0.29) is 56.8 Å². The molecule has 0 bridgehead atoms. The molecule has 1 spiro atoms. The molecule has 1 aliphatic heterocycles. The van der Waals surface area contributed by atoms with Gasteiger partial charge in [0.2, 0.25) is 0 Å². The van der Waals surface area contributed by atoms with E-state index in [1.54, 1.807) is 0 Å². The van der Waals surface area contributed by atoms with E-state index in [0.717, 1.165) is 34.8 Å². The molecule has 1 saturated carbocycles. The van der Waals surface area contributed by atoms with Crippen LogP contribution in [0.3, 0.4) is 0 Å². The molecule has 3 nitrogen and oxygen atoms in total. The predicted molar refractivity (Wildman–Crippen MR) is 102 cm³/mol. The number of nitrogens with zero attached hydrogens (tertiary/aromatic N) is 2. The van der Waals surface area contributed by atoms with Gasteiger partial charge in [-0.05, 0) is 48.2 Å². The third-order valence-corrected chi connectivity index (χ3v) is 5.95. The van der Waals surface area contributed by atoms with Crippen molar-refractivity contribution in [2.75, 3.05) is 5.32 Å². The summed E-state index contributed by atoms with van der Waals surface area (Å²) in [4.78, 5) is 0.994. The Kier molecular flexibility index (Phi) is 5.36. The van der Waals surface area contributed by atoms with Gasteiger partial charge in [-0.2, -0.15) is 5.26 Å². The Labute approximate surface area is 190 Å². The smallest absolute Gasteiger partial charge is 0.120 e. The molecule has 2 aliphatic rings. The van der Waals surface area contributed by atoms with E-state index in [2.05, 4.69) is 29.6 Å². The van der Waals surface area contributed by atoms with E-state index in [1.807, 2.05) is 23.7 Å². The Hall–Kier alpha value is -0.484. The Morgan fingerprint density at radius 1 is 1.17 bits per heavy atom. The molecule has 0 unspecified atom stereocenters. The molecule has 4 rings (SSSR count). The summed E-state index contributed by atoms with van der Waals surface area (Å²) >= 11 is 5.71. The number of nitrogens with one attached hydrogen (secondary N) is 1. The van der Waals surface area contributed by atoms with E-state index in [0.29, 0.717) is 5.69 Å². The molecule has 1 N–H and O–H groups in total. The van der Waals surface area contributed by atoms with Crippen LogP contribution < -0.4 is 5.32 Å². The fraction of sp³-hybridized carbons (Fsp3) is 0.368. The first-order valence-electron chi connectivity index (χ1n) is 8.18. The number of hydrogen-bond donors (Lipinski definition) is 1. The summed E-state index contributed by atoms with van der Waals surface area (Å²) in [6.07, 6.45) is 6.09. The number of aromatic nitrogens is 1. The van der Waals surface area contributed by atoms with Crippen molar-refractivity contribution in [1.82, 2.24) is 4.57 Å². The average molecular weight is 361 g/mol. The maximum Gasteiger partial charge on any atom is 0.120 e. The van der Waals surface area contributed by atoms with Crippen LogP contribution in [-0.2, 0) is 12.5 Å². The molecular weight excluding hydrogens is 341 g/mol. The van der Waals surface area contributed by atoms with Crippen molar-refractivity contribution >= 4 is 74.3 Å². The van der Waals surface area contributed by atoms with Gasteiger partial charge in [-0.1, -0.05) is 37.5 Å². The van der Waals surface area contributed by atoms with Crippen LogP contribution in [-0.4, -0.2) is 60.9 Å². The molecule has 1 aliphatic carbocycles. The Bertz CT molecular complexity index is 841. The first-order chi connectivity index (χ1) is 11.2. The number of hydrogen-bond acceptors (Lipinski definition) is 2. The van der Waals surface area contributed by atoms with E-state index in [4.69, 9.17) is 17.5 Å². The molecule has 24 heavy (non-hydrogen) atoms. The Morgan fingerprint density at radius 3 is 2.58 bits per heavy atom. The van der Waals surface area contributed by atoms with Crippen LogP contribution in [0.5, 0.6) is 0 Å². The molecule has 1 aromatic carbocycles. The van der Waals surface area contributed by atoms with Gasteiger partial charge in [0.1, 0.15) is 11.8 Å². The molecule has 2 aromatic rings. The monoisotopic (exact) mass is 360 g/mol. The van der Waals surface area contributed by atoms with Crippen molar-refractivity contribution in [3.63, 3.8) is 0 Å². The second-order valence-corrected chi connectivity index (χ2v) is 7.04. The molecule has 2 heterocycles. The predicted octanol–water partition coefficient (Wildman–Crippen LogP) is 4.14. The number of thiocarbonyl (C=S) groups is 1. The van der Waals surface area contributed by atoms with Crippen LogP contribution >= 0.6 is 12.2 Å². The molecule has 0 atom stereocenters. The van der Waals surface area contributed by atoms with Gasteiger partial charge < -0.3 is 9.88 Å². The summed E-state index contributed by atoms with van der Waals surface area (Å²) in [5.41, 5.74) is 5.45. The quantitative estimate of drug-likeness (QED) is 0.614. The zero-order valence-electron chi connectivity index (χ0n) is 14.2. The molecule has 1 fully saturated rings. The Balaban J connectivity index is 0.00000169. The number of benzene rings is 1. The zero-order valence-corrected chi connectivity index (χ0v) is 18.2. The number of rotatable bonds is 1. The summed E-state index contributed by atoms with van der Waals surface area (Å²) in [6.45, 7) is 0. The van der Waals surface area contributed by atoms with Gasteiger partial charge >= 0.3 is 0 Å². The van der Waals surface area contributed by atoms with Crippen LogP contribution in [0, 0.1) is 11.3 Å². The standard InChI is InChI=1S/C19H19N3S.K/c1-22-14(12-20)6-8-17(22)13-5-7-16-15(11-13)19(18(23)21-16)9-3-2-4-10-19;/h5-8,11H,2-4,9-10H2,1H3,(H,21,23);. The first kappa shape index (κ1) is 18.3. The largest absolute Gasteiger partial charge is 0.349 e.